The molecule has 0 unspecified atom stereocenters. The predicted octanol–water partition coefficient (Wildman–Crippen LogP) is 2.12. The summed E-state index contributed by atoms with van der Waals surface area (Å²) >= 11 is 0. The van der Waals surface area contributed by atoms with Crippen molar-refractivity contribution >= 4 is 6.03 Å². The first kappa shape index (κ1) is 16.2. The molecule has 1 N–H and O–H groups in total. The number of likely N-dealkylation sites (tertiary alicyclic amines) is 1. The second kappa shape index (κ2) is 7.27. The van der Waals surface area contributed by atoms with Crippen LogP contribution in [0.25, 0.3) is 0 Å². The van der Waals surface area contributed by atoms with Gasteiger partial charge in [-0.2, -0.15) is 0 Å². The molecule has 0 radical (unpaired) electrons. The van der Waals surface area contributed by atoms with Crippen molar-refractivity contribution in [3.05, 3.63) is 30.1 Å². The van der Waals surface area contributed by atoms with Crippen LogP contribution in [0.1, 0.15) is 37.3 Å². The van der Waals surface area contributed by atoms with E-state index in [0.29, 0.717) is 19.8 Å². The monoisotopic (exact) mass is 319 g/mol. The minimum Gasteiger partial charge on any atom is -0.381 e. The Labute approximate surface area is 137 Å². The number of methoxy groups -OCH3 is 1. The minimum absolute atomic E-state index is 0.00720. The number of amides is 2. The van der Waals surface area contributed by atoms with E-state index in [-0.39, 0.29) is 17.7 Å². The molecule has 1 aromatic rings. The summed E-state index contributed by atoms with van der Waals surface area (Å²) in [4.78, 5) is 18.6. The van der Waals surface area contributed by atoms with E-state index < -0.39 is 0 Å². The van der Waals surface area contributed by atoms with Gasteiger partial charge >= 0.3 is 6.03 Å². The van der Waals surface area contributed by atoms with Crippen LogP contribution in [0.5, 0.6) is 0 Å². The van der Waals surface area contributed by atoms with Crippen LogP contribution >= 0.6 is 0 Å². The van der Waals surface area contributed by atoms with Crippen LogP contribution in [-0.2, 0) is 9.47 Å². The molecule has 6 heteroatoms. The third-order valence-corrected chi connectivity index (χ3v) is 5.00. The molecular formula is C17H25N3O3. The summed E-state index contributed by atoms with van der Waals surface area (Å²) in [6.45, 7) is 2.70. The van der Waals surface area contributed by atoms with E-state index in [0.717, 1.165) is 37.8 Å². The summed E-state index contributed by atoms with van der Waals surface area (Å²) in [5, 5.41) is 3.08. The number of nitrogens with zero attached hydrogens (tertiary/aromatic N) is 2. The van der Waals surface area contributed by atoms with Gasteiger partial charge < -0.3 is 19.7 Å². The van der Waals surface area contributed by atoms with E-state index in [1.54, 1.807) is 19.5 Å². The fraction of sp³-hybridized carbons (Fsp3) is 0.647. The average Bonchev–Trinajstić information content (AvgIpc) is 3.11. The second-order valence-corrected chi connectivity index (χ2v) is 6.29. The fourth-order valence-electron chi connectivity index (χ4n) is 3.48. The van der Waals surface area contributed by atoms with Crippen molar-refractivity contribution in [2.45, 2.75) is 37.3 Å². The Morgan fingerprint density at radius 1 is 1.43 bits per heavy atom. The summed E-state index contributed by atoms with van der Waals surface area (Å²) in [6.07, 6.45) is 7.23. The smallest absolute Gasteiger partial charge is 0.318 e. The Morgan fingerprint density at radius 2 is 2.17 bits per heavy atom. The van der Waals surface area contributed by atoms with Crippen LogP contribution in [0, 0.1) is 0 Å². The molecule has 6 nitrogen and oxygen atoms in total. The molecule has 1 atom stereocenters. The van der Waals surface area contributed by atoms with Crippen LogP contribution in [0.4, 0.5) is 4.79 Å². The van der Waals surface area contributed by atoms with Gasteiger partial charge in [0.1, 0.15) is 0 Å². The highest BCUT2D eigenvalue weighted by molar-refractivity contribution is 5.75. The van der Waals surface area contributed by atoms with Crippen LogP contribution in [0.2, 0.25) is 0 Å². The van der Waals surface area contributed by atoms with Gasteiger partial charge in [0.15, 0.2) is 0 Å². The van der Waals surface area contributed by atoms with Gasteiger partial charge in [0.2, 0.25) is 0 Å². The quantitative estimate of drug-likeness (QED) is 0.923. The maximum absolute atomic E-state index is 12.6. The lowest BCUT2D eigenvalue weighted by Gasteiger charge is -2.36. The number of urea groups is 1. The second-order valence-electron chi connectivity index (χ2n) is 6.29. The van der Waals surface area contributed by atoms with E-state index in [9.17, 15) is 4.79 Å². The van der Waals surface area contributed by atoms with Crippen molar-refractivity contribution < 1.29 is 14.3 Å². The highest BCUT2D eigenvalue weighted by Crippen LogP contribution is 2.31. The number of ether oxygens (including phenoxy) is 2. The zero-order chi connectivity index (χ0) is 16.1. The van der Waals surface area contributed by atoms with Crippen LogP contribution in [0.3, 0.4) is 0 Å². The van der Waals surface area contributed by atoms with E-state index in [1.165, 1.54) is 0 Å². The number of aromatic nitrogens is 1. The minimum atomic E-state index is -0.292. The standard InChI is InChI=1S/C17H25N3O3/c1-22-17(6-11-23-12-7-17)13-19-16(21)20-10-2-3-15(20)14-4-8-18-9-5-14/h4-5,8-9,15H,2-3,6-7,10-13H2,1H3,(H,19,21)/t15-/m0/s1. The molecule has 2 fully saturated rings. The Balaban J connectivity index is 1.61. The predicted molar refractivity (Wildman–Crippen MR) is 86.1 cm³/mol. The number of rotatable bonds is 4. The van der Waals surface area contributed by atoms with E-state index in [4.69, 9.17) is 9.47 Å². The molecule has 2 amide bonds. The number of carbonyl (C=O) groups excluding carboxylic acids is 1. The van der Waals surface area contributed by atoms with Gasteiger partial charge in [-0.15, -0.1) is 0 Å². The zero-order valence-corrected chi connectivity index (χ0v) is 13.7. The van der Waals surface area contributed by atoms with Crippen molar-refractivity contribution in [3.63, 3.8) is 0 Å². The summed E-state index contributed by atoms with van der Waals surface area (Å²) in [5.41, 5.74) is 0.861. The van der Waals surface area contributed by atoms with Crippen molar-refractivity contribution in [1.82, 2.24) is 15.2 Å². The van der Waals surface area contributed by atoms with Gasteiger partial charge in [-0.1, -0.05) is 0 Å². The molecule has 126 valence electrons. The van der Waals surface area contributed by atoms with Gasteiger partial charge in [-0.05, 0) is 30.5 Å². The molecule has 23 heavy (non-hydrogen) atoms. The summed E-state index contributed by atoms with van der Waals surface area (Å²) < 4.78 is 11.1. The van der Waals surface area contributed by atoms with Crippen LogP contribution < -0.4 is 5.32 Å². The number of pyridine rings is 1. The molecule has 0 saturated carbocycles. The molecule has 3 rings (SSSR count). The number of hydrogen-bond acceptors (Lipinski definition) is 4. The lowest BCUT2D eigenvalue weighted by atomic mass is 9.94. The molecule has 0 spiro atoms. The Bertz CT molecular complexity index is 517. The van der Waals surface area contributed by atoms with Crippen molar-refractivity contribution in [2.75, 3.05) is 33.4 Å². The maximum atomic E-state index is 12.6. The van der Waals surface area contributed by atoms with E-state index in [2.05, 4.69) is 10.3 Å². The van der Waals surface area contributed by atoms with Crippen molar-refractivity contribution in [2.24, 2.45) is 0 Å². The molecule has 3 heterocycles. The maximum Gasteiger partial charge on any atom is 0.318 e. The number of carbonyl (C=O) groups is 1. The van der Waals surface area contributed by atoms with Gasteiger partial charge in [0, 0.05) is 58.6 Å². The van der Waals surface area contributed by atoms with E-state index >= 15 is 0 Å². The largest absolute Gasteiger partial charge is 0.381 e. The summed E-state index contributed by atoms with van der Waals surface area (Å²) in [6, 6.07) is 4.12. The SMILES string of the molecule is COC1(CNC(=O)N2CCC[C@H]2c2ccncc2)CCOCC1. The molecule has 2 aliphatic heterocycles. The lowest BCUT2D eigenvalue weighted by Crippen LogP contribution is -2.51. The van der Waals surface area contributed by atoms with Gasteiger partial charge in [0.25, 0.3) is 0 Å². The first-order chi connectivity index (χ1) is 11.2. The number of nitrogens with one attached hydrogen (secondary N) is 1. The zero-order valence-electron chi connectivity index (χ0n) is 13.7. The molecular weight excluding hydrogens is 294 g/mol. The Hall–Kier alpha value is -1.66. The molecule has 2 saturated heterocycles. The first-order valence-electron chi connectivity index (χ1n) is 8.31. The average molecular weight is 319 g/mol. The fourth-order valence-corrected chi connectivity index (χ4v) is 3.48. The van der Waals surface area contributed by atoms with Crippen molar-refractivity contribution in [1.29, 1.82) is 0 Å². The number of hydrogen-bond donors (Lipinski definition) is 1. The van der Waals surface area contributed by atoms with Crippen LogP contribution in [0.15, 0.2) is 24.5 Å². The third kappa shape index (κ3) is 3.64. The highest BCUT2D eigenvalue weighted by atomic mass is 16.5. The molecule has 0 aliphatic carbocycles. The molecule has 2 aliphatic rings. The lowest BCUT2D eigenvalue weighted by molar-refractivity contribution is -0.0864. The first-order valence-corrected chi connectivity index (χ1v) is 8.31. The van der Waals surface area contributed by atoms with E-state index in [1.807, 2.05) is 17.0 Å². The Kier molecular flexibility index (Phi) is 5.13. The summed E-state index contributed by atoms with van der Waals surface area (Å²) in [7, 11) is 1.72. The molecule has 0 aromatic carbocycles. The van der Waals surface area contributed by atoms with Crippen LogP contribution in [-0.4, -0.2) is 54.9 Å². The molecule has 1 aromatic heterocycles. The van der Waals surface area contributed by atoms with Gasteiger partial charge in [0.05, 0.1) is 11.6 Å². The molecule has 0 bridgehead atoms. The summed E-state index contributed by atoms with van der Waals surface area (Å²) in [5.74, 6) is 0. The Morgan fingerprint density at radius 3 is 2.87 bits per heavy atom. The topological polar surface area (TPSA) is 63.7 Å². The van der Waals surface area contributed by atoms with Gasteiger partial charge in [-0.3, -0.25) is 4.98 Å². The van der Waals surface area contributed by atoms with Gasteiger partial charge in [-0.25, -0.2) is 4.79 Å². The normalized spacial score (nSPS) is 23.7. The van der Waals surface area contributed by atoms with Crippen molar-refractivity contribution in [3.8, 4) is 0 Å². The highest BCUT2D eigenvalue weighted by Gasteiger charge is 2.35. The third-order valence-electron chi connectivity index (χ3n) is 5.00.